The van der Waals surface area contributed by atoms with Gasteiger partial charge in [-0.05, 0) is 0 Å². The summed E-state index contributed by atoms with van der Waals surface area (Å²) < 4.78 is 16.4. The maximum atomic E-state index is 5.80. The number of aromatic nitrogens is 1. The molecule has 1 heterocycles. The molecule has 2 rings (SSSR count). The fraction of sp³-hybridized carbons (Fsp3) is 0.308. The molecule has 0 radical (unpaired) electrons. The van der Waals surface area contributed by atoms with Gasteiger partial charge >= 0.3 is 0 Å². The van der Waals surface area contributed by atoms with Crippen LogP contribution in [0, 0.1) is 0 Å². The van der Waals surface area contributed by atoms with E-state index in [1.807, 2.05) is 12.1 Å². The molecule has 0 atom stereocenters. The zero-order valence-corrected chi connectivity index (χ0v) is 13.0. The molecule has 1 aromatic heterocycles. The van der Waals surface area contributed by atoms with Crippen molar-refractivity contribution >= 4 is 28.6 Å². The van der Waals surface area contributed by atoms with E-state index in [1.54, 1.807) is 27.5 Å². The van der Waals surface area contributed by atoms with Crippen LogP contribution in [-0.4, -0.2) is 26.3 Å². The van der Waals surface area contributed by atoms with Crippen LogP contribution in [0.5, 0.6) is 17.2 Å². The van der Waals surface area contributed by atoms with E-state index in [-0.39, 0.29) is 0 Å². The van der Waals surface area contributed by atoms with E-state index < -0.39 is 0 Å². The van der Waals surface area contributed by atoms with Gasteiger partial charge in [0.25, 0.3) is 0 Å². The average molecular weight is 315 g/mol. The van der Waals surface area contributed by atoms with Gasteiger partial charge < -0.3 is 19.5 Å². The van der Waals surface area contributed by atoms with Gasteiger partial charge in [0.05, 0.1) is 27.9 Å². The Morgan fingerprint density at radius 1 is 1.15 bits per heavy atom. The van der Waals surface area contributed by atoms with E-state index in [4.69, 9.17) is 25.8 Å². The van der Waals surface area contributed by atoms with Crippen LogP contribution in [0.25, 0.3) is 0 Å². The summed E-state index contributed by atoms with van der Waals surface area (Å²) in [5.74, 6) is 1.79. The van der Waals surface area contributed by atoms with Gasteiger partial charge in [-0.3, -0.25) is 0 Å². The minimum absolute atomic E-state index is 0.534. The quantitative estimate of drug-likeness (QED) is 0.885. The van der Waals surface area contributed by atoms with Gasteiger partial charge in [0.1, 0.15) is 0 Å². The fourth-order valence-corrected chi connectivity index (χ4v) is 2.66. The molecule has 0 aliphatic heterocycles. The summed E-state index contributed by atoms with van der Waals surface area (Å²) in [6.45, 7) is 0.628. The van der Waals surface area contributed by atoms with E-state index in [0.29, 0.717) is 28.3 Å². The Morgan fingerprint density at radius 2 is 1.80 bits per heavy atom. The molecule has 2 aromatic rings. The molecule has 0 bridgehead atoms. The number of hydrogen-bond donors (Lipinski definition) is 1. The maximum absolute atomic E-state index is 5.80. The molecule has 5 nitrogen and oxygen atoms in total. The first kappa shape index (κ1) is 14.7. The van der Waals surface area contributed by atoms with E-state index >= 15 is 0 Å². The predicted octanol–water partition coefficient (Wildman–Crippen LogP) is 3.43. The molecule has 108 valence electrons. The molecule has 20 heavy (non-hydrogen) atoms. The second kappa shape index (κ2) is 6.67. The first-order valence-electron chi connectivity index (χ1n) is 5.82. The zero-order chi connectivity index (χ0) is 14.5. The van der Waals surface area contributed by atoms with Gasteiger partial charge in [0.2, 0.25) is 5.75 Å². The SMILES string of the molecule is COc1cc(NCc2cnc(Cl)s2)cc(OC)c1OC. The lowest BCUT2D eigenvalue weighted by atomic mass is 10.2. The number of nitrogens with zero attached hydrogens (tertiary/aromatic N) is 1. The van der Waals surface area contributed by atoms with Crippen LogP contribution in [0.15, 0.2) is 18.3 Å². The second-order valence-electron chi connectivity index (χ2n) is 3.85. The van der Waals surface area contributed by atoms with Crippen molar-refractivity contribution in [3.63, 3.8) is 0 Å². The molecule has 0 unspecified atom stereocenters. The van der Waals surface area contributed by atoms with Gasteiger partial charge in [0, 0.05) is 28.9 Å². The number of benzene rings is 1. The van der Waals surface area contributed by atoms with Gasteiger partial charge in [-0.15, -0.1) is 11.3 Å². The minimum Gasteiger partial charge on any atom is -0.493 e. The summed E-state index contributed by atoms with van der Waals surface area (Å²) in [6, 6.07) is 3.70. The number of ether oxygens (including phenoxy) is 3. The van der Waals surface area contributed by atoms with Crippen LogP contribution >= 0.6 is 22.9 Å². The van der Waals surface area contributed by atoms with Crippen LogP contribution < -0.4 is 19.5 Å². The van der Waals surface area contributed by atoms with Crippen LogP contribution in [0.3, 0.4) is 0 Å². The van der Waals surface area contributed by atoms with Gasteiger partial charge in [-0.2, -0.15) is 0 Å². The summed E-state index contributed by atoms with van der Waals surface area (Å²) in [6.07, 6.45) is 1.75. The molecule has 1 N–H and O–H groups in total. The van der Waals surface area contributed by atoms with E-state index in [2.05, 4.69) is 10.3 Å². The van der Waals surface area contributed by atoms with Crippen molar-refractivity contribution in [1.29, 1.82) is 0 Å². The van der Waals surface area contributed by atoms with Gasteiger partial charge in [-0.25, -0.2) is 4.98 Å². The highest BCUT2D eigenvalue weighted by Gasteiger charge is 2.13. The van der Waals surface area contributed by atoms with Crippen LogP contribution in [0.4, 0.5) is 5.69 Å². The van der Waals surface area contributed by atoms with Crippen LogP contribution in [-0.2, 0) is 6.54 Å². The third-order valence-corrected chi connectivity index (χ3v) is 3.77. The number of hydrogen-bond acceptors (Lipinski definition) is 6. The minimum atomic E-state index is 0.534. The van der Waals surface area contributed by atoms with Crippen molar-refractivity contribution in [1.82, 2.24) is 4.98 Å². The van der Waals surface area contributed by atoms with E-state index in [0.717, 1.165) is 10.6 Å². The highest BCUT2D eigenvalue weighted by atomic mass is 35.5. The summed E-state index contributed by atoms with van der Waals surface area (Å²) in [5, 5.41) is 3.27. The largest absolute Gasteiger partial charge is 0.493 e. The third-order valence-electron chi connectivity index (χ3n) is 2.66. The Morgan fingerprint density at radius 3 is 2.25 bits per heavy atom. The lowest BCUT2D eigenvalue weighted by molar-refractivity contribution is 0.324. The van der Waals surface area contributed by atoms with E-state index in [9.17, 15) is 0 Å². The monoisotopic (exact) mass is 314 g/mol. The van der Waals surface area contributed by atoms with Crippen molar-refractivity contribution in [3.8, 4) is 17.2 Å². The second-order valence-corrected chi connectivity index (χ2v) is 5.54. The molecule has 0 aliphatic rings. The number of rotatable bonds is 6. The highest BCUT2D eigenvalue weighted by molar-refractivity contribution is 7.15. The standard InChI is InChI=1S/C13H15ClN2O3S/c1-17-10-4-8(5-11(18-2)12(10)19-3)15-6-9-7-16-13(14)20-9/h4-5,7,15H,6H2,1-3H3. The molecular formula is C13H15ClN2O3S. The smallest absolute Gasteiger partial charge is 0.203 e. The summed E-state index contributed by atoms with van der Waals surface area (Å²) >= 11 is 7.24. The lowest BCUT2D eigenvalue weighted by Crippen LogP contribution is -2.00. The Kier molecular flexibility index (Phi) is 4.92. The topological polar surface area (TPSA) is 52.6 Å². The summed E-state index contributed by atoms with van der Waals surface area (Å²) in [5.41, 5.74) is 0.865. The molecule has 0 spiro atoms. The molecule has 0 fully saturated rings. The molecule has 0 amide bonds. The Bertz CT molecular complexity index is 564. The van der Waals surface area contributed by atoms with E-state index in [1.165, 1.54) is 11.3 Å². The zero-order valence-electron chi connectivity index (χ0n) is 11.4. The van der Waals surface area contributed by atoms with Crippen molar-refractivity contribution in [2.24, 2.45) is 0 Å². The molecule has 1 aromatic carbocycles. The lowest BCUT2D eigenvalue weighted by Gasteiger charge is -2.14. The summed E-state index contributed by atoms with van der Waals surface area (Å²) in [7, 11) is 4.75. The number of nitrogens with one attached hydrogen (secondary N) is 1. The first-order chi connectivity index (χ1) is 9.67. The average Bonchev–Trinajstić information content (AvgIpc) is 2.89. The molecule has 0 aliphatic carbocycles. The Balaban J connectivity index is 2.19. The number of halogens is 1. The normalized spacial score (nSPS) is 10.2. The fourth-order valence-electron chi connectivity index (χ4n) is 1.74. The first-order valence-corrected chi connectivity index (χ1v) is 7.01. The van der Waals surface area contributed by atoms with Gasteiger partial charge in [0.15, 0.2) is 16.0 Å². The highest BCUT2D eigenvalue weighted by Crippen LogP contribution is 2.40. The van der Waals surface area contributed by atoms with Crippen molar-refractivity contribution in [3.05, 3.63) is 27.7 Å². The number of methoxy groups -OCH3 is 3. The van der Waals surface area contributed by atoms with Crippen molar-refractivity contribution in [2.75, 3.05) is 26.6 Å². The van der Waals surface area contributed by atoms with Crippen LogP contribution in [0.2, 0.25) is 4.47 Å². The van der Waals surface area contributed by atoms with Crippen LogP contribution in [0.1, 0.15) is 4.88 Å². The summed E-state index contributed by atoms with van der Waals surface area (Å²) in [4.78, 5) is 5.04. The Labute approximate surface area is 126 Å². The molecule has 0 saturated heterocycles. The number of anilines is 1. The van der Waals surface area contributed by atoms with Crippen molar-refractivity contribution < 1.29 is 14.2 Å². The molecule has 0 saturated carbocycles. The third kappa shape index (κ3) is 3.26. The maximum Gasteiger partial charge on any atom is 0.203 e. The molecule has 7 heteroatoms. The predicted molar refractivity (Wildman–Crippen MR) is 80.5 cm³/mol. The number of thiazole rings is 1. The van der Waals surface area contributed by atoms with Gasteiger partial charge in [-0.1, -0.05) is 11.6 Å². The Hall–Kier alpha value is -1.66. The van der Waals surface area contributed by atoms with Crippen molar-refractivity contribution in [2.45, 2.75) is 6.54 Å². The molecular weight excluding hydrogens is 300 g/mol.